The summed E-state index contributed by atoms with van der Waals surface area (Å²) in [7, 11) is 0. The van der Waals surface area contributed by atoms with E-state index in [1.807, 2.05) is 61.2 Å². The maximum Gasteiger partial charge on any atom is 0.260 e. The number of nitrogens with zero attached hydrogens (tertiary/aromatic N) is 2. The van der Waals surface area contributed by atoms with Crippen LogP contribution in [0.4, 0.5) is 5.69 Å². The predicted octanol–water partition coefficient (Wildman–Crippen LogP) is 3.68. The number of para-hydroxylation sites is 1. The highest BCUT2D eigenvalue weighted by Gasteiger charge is 2.22. The zero-order valence-corrected chi connectivity index (χ0v) is 15.4. The number of anilines is 1. The van der Waals surface area contributed by atoms with E-state index in [9.17, 15) is 4.79 Å². The van der Waals surface area contributed by atoms with Crippen molar-refractivity contribution < 1.29 is 9.53 Å². The SMILES string of the molecule is Cc1cccc(OCC(=O)N2CCN(c3ccccc3Cl)CC2)c1C. The first-order valence-electron chi connectivity index (χ1n) is 8.52. The molecule has 1 heterocycles. The topological polar surface area (TPSA) is 32.8 Å². The van der Waals surface area contributed by atoms with E-state index in [0.29, 0.717) is 13.1 Å². The van der Waals surface area contributed by atoms with Gasteiger partial charge >= 0.3 is 0 Å². The molecular weight excluding hydrogens is 336 g/mol. The molecule has 5 heteroatoms. The minimum atomic E-state index is 0.0275. The molecule has 0 N–H and O–H groups in total. The Morgan fingerprint density at radius 2 is 1.76 bits per heavy atom. The number of carbonyl (C=O) groups excluding carboxylic acids is 1. The van der Waals surface area contributed by atoms with Crippen LogP contribution in [0.25, 0.3) is 0 Å². The first kappa shape index (κ1) is 17.6. The molecule has 1 aliphatic heterocycles. The number of benzene rings is 2. The van der Waals surface area contributed by atoms with Crippen LogP contribution in [0.1, 0.15) is 11.1 Å². The van der Waals surface area contributed by atoms with Crippen molar-refractivity contribution in [2.45, 2.75) is 13.8 Å². The Bertz CT molecular complexity index is 755. The fourth-order valence-corrected chi connectivity index (χ4v) is 3.27. The van der Waals surface area contributed by atoms with Crippen LogP contribution in [0.15, 0.2) is 42.5 Å². The number of rotatable bonds is 4. The normalized spacial score (nSPS) is 14.5. The second-order valence-electron chi connectivity index (χ2n) is 6.31. The zero-order chi connectivity index (χ0) is 17.8. The largest absolute Gasteiger partial charge is 0.483 e. The van der Waals surface area contributed by atoms with Crippen LogP contribution in [0.2, 0.25) is 5.02 Å². The highest BCUT2D eigenvalue weighted by molar-refractivity contribution is 6.33. The second-order valence-corrected chi connectivity index (χ2v) is 6.71. The van der Waals surface area contributed by atoms with Gasteiger partial charge in [0.2, 0.25) is 0 Å². The predicted molar refractivity (Wildman–Crippen MR) is 102 cm³/mol. The molecule has 1 saturated heterocycles. The van der Waals surface area contributed by atoms with Crippen molar-refractivity contribution >= 4 is 23.2 Å². The molecule has 0 radical (unpaired) electrons. The molecule has 1 fully saturated rings. The molecule has 0 saturated carbocycles. The number of hydrogen-bond donors (Lipinski definition) is 0. The Kier molecular flexibility index (Phi) is 5.49. The van der Waals surface area contributed by atoms with Crippen LogP contribution in [0.5, 0.6) is 5.75 Å². The van der Waals surface area contributed by atoms with Crippen LogP contribution in [0, 0.1) is 13.8 Å². The lowest BCUT2D eigenvalue weighted by Gasteiger charge is -2.36. The zero-order valence-electron chi connectivity index (χ0n) is 14.7. The third-order valence-electron chi connectivity index (χ3n) is 4.73. The van der Waals surface area contributed by atoms with Gasteiger partial charge in [-0.2, -0.15) is 0 Å². The molecule has 132 valence electrons. The molecule has 0 unspecified atom stereocenters. The van der Waals surface area contributed by atoms with Gasteiger partial charge in [-0.3, -0.25) is 4.79 Å². The van der Waals surface area contributed by atoms with Crippen LogP contribution < -0.4 is 9.64 Å². The first-order valence-corrected chi connectivity index (χ1v) is 8.90. The van der Waals surface area contributed by atoms with E-state index in [1.165, 1.54) is 5.56 Å². The minimum absolute atomic E-state index is 0.0275. The summed E-state index contributed by atoms with van der Waals surface area (Å²) in [5, 5.41) is 0.750. The number of halogens is 1. The highest BCUT2D eigenvalue weighted by atomic mass is 35.5. The maximum absolute atomic E-state index is 12.4. The van der Waals surface area contributed by atoms with Crippen LogP contribution in [-0.4, -0.2) is 43.6 Å². The third-order valence-corrected chi connectivity index (χ3v) is 5.05. The van der Waals surface area contributed by atoms with Gasteiger partial charge in [-0.05, 0) is 43.2 Å². The van der Waals surface area contributed by atoms with E-state index in [2.05, 4.69) is 4.90 Å². The van der Waals surface area contributed by atoms with Crippen LogP contribution in [0.3, 0.4) is 0 Å². The molecule has 0 spiro atoms. The Hall–Kier alpha value is -2.20. The summed E-state index contributed by atoms with van der Waals surface area (Å²) in [6.07, 6.45) is 0. The number of hydrogen-bond acceptors (Lipinski definition) is 3. The fourth-order valence-electron chi connectivity index (χ4n) is 3.02. The quantitative estimate of drug-likeness (QED) is 0.835. The molecular formula is C20H23ClN2O2. The van der Waals surface area contributed by atoms with E-state index >= 15 is 0 Å². The smallest absolute Gasteiger partial charge is 0.260 e. The lowest BCUT2D eigenvalue weighted by molar-refractivity contribution is -0.133. The Morgan fingerprint density at radius 1 is 1.04 bits per heavy atom. The van der Waals surface area contributed by atoms with Gasteiger partial charge in [0.25, 0.3) is 5.91 Å². The van der Waals surface area contributed by atoms with Crippen molar-refractivity contribution in [3.63, 3.8) is 0 Å². The Labute approximate surface area is 154 Å². The average molecular weight is 359 g/mol. The maximum atomic E-state index is 12.4. The van der Waals surface area contributed by atoms with Gasteiger partial charge in [0, 0.05) is 26.2 Å². The molecule has 1 amide bonds. The summed E-state index contributed by atoms with van der Waals surface area (Å²) in [4.78, 5) is 16.5. The summed E-state index contributed by atoms with van der Waals surface area (Å²) in [6.45, 7) is 7.05. The summed E-state index contributed by atoms with van der Waals surface area (Å²) < 4.78 is 5.74. The molecule has 0 aromatic heterocycles. The van der Waals surface area contributed by atoms with Gasteiger partial charge in [0.05, 0.1) is 10.7 Å². The number of amides is 1. The van der Waals surface area contributed by atoms with Crippen molar-refractivity contribution in [1.82, 2.24) is 4.90 Å². The highest BCUT2D eigenvalue weighted by Crippen LogP contribution is 2.26. The van der Waals surface area contributed by atoms with E-state index in [0.717, 1.165) is 35.1 Å². The summed E-state index contributed by atoms with van der Waals surface area (Å²) in [6, 6.07) is 13.7. The van der Waals surface area contributed by atoms with Crippen molar-refractivity contribution in [2.24, 2.45) is 0 Å². The van der Waals surface area contributed by atoms with Crippen molar-refractivity contribution in [1.29, 1.82) is 0 Å². The first-order chi connectivity index (χ1) is 12.1. The number of carbonyl (C=O) groups is 1. The number of ether oxygens (including phenoxy) is 1. The van der Waals surface area contributed by atoms with E-state index < -0.39 is 0 Å². The monoisotopic (exact) mass is 358 g/mol. The summed E-state index contributed by atoms with van der Waals surface area (Å²) in [5.74, 6) is 0.808. The van der Waals surface area contributed by atoms with Gasteiger partial charge < -0.3 is 14.5 Å². The van der Waals surface area contributed by atoms with Crippen LogP contribution in [-0.2, 0) is 4.79 Å². The van der Waals surface area contributed by atoms with Crippen molar-refractivity contribution in [3.8, 4) is 5.75 Å². The average Bonchev–Trinajstić information content (AvgIpc) is 2.63. The van der Waals surface area contributed by atoms with E-state index in [1.54, 1.807) is 0 Å². The molecule has 25 heavy (non-hydrogen) atoms. The van der Waals surface area contributed by atoms with Gasteiger partial charge in [0.1, 0.15) is 5.75 Å². The van der Waals surface area contributed by atoms with Gasteiger partial charge in [-0.15, -0.1) is 0 Å². The molecule has 4 nitrogen and oxygen atoms in total. The van der Waals surface area contributed by atoms with Gasteiger partial charge in [-0.1, -0.05) is 35.9 Å². The molecule has 2 aromatic rings. The fraction of sp³-hybridized carbons (Fsp3) is 0.350. The van der Waals surface area contributed by atoms with E-state index in [-0.39, 0.29) is 12.5 Å². The standard InChI is InChI=1S/C20H23ClN2O2/c1-15-6-5-9-19(16(15)2)25-14-20(24)23-12-10-22(11-13-23)18-8-4-3-7-17(18)21/h3-9H,10-14H2,1-2H3. The van der Waals surface area contributed by atoms with Gasteiger partial charge in [0.15, 0.2) is 6.61 Å². The second kappa shape index (κ2) is 7.79. The van der Waals surface area contributed by atoms with Crippen molar-refractivity contribution in [3.05, 3.63) is 58.6 Å². The number of aryl methyl sites for hydroxylation is 1. The number of piperazine rings is 1. The molecule has 0 bridgehead atoms. The third kappa shape index (κ3) is 4.07. The lowest BCUT2D eigenvalue weighted by atomic mass is 10.1. The van der Waals surface area contributed by atoms with Gasteiger partial charge in [-0.25, -0.2) is 0 Å². The Morgan fingerprint density at radius 3 is 2.48 bits per heavy atom. The van der Waals surface area contributed by atoms with Crippen molar-refractivity contribution in [2.75, 3.05) is 37.7 Å². The Balaban J connectivity index is 1.53. The lowest BCUT2D eigenvalue weighted by Crippen LogP contribution is -2.50. The molecule has 2 aromatic carbocycles. The molecule has 3 rings (SSSR count). The van der Waals surface area contributed by atoms with E-state index in [4.69, 9.17) is 16.3 Å². The van der Waals surface area contributed by atoms with Crippen LogP contribution >= 0.6 is 11.6 Å². The molecule has 1 aliphatic rings. The summed E-state index contributed by atoms with van der Waals surface area (Å²) >= 11 is 6.26. The molecule has 0 atom stereocenters. The molecule has 0 aliphatic carbocycles. The summed E-state index contributed by atoms with van der Waals surface area (Å²) in [5.41, 5.74) is 3.28. The minimum Gasteiger partial charge on any atom is -0.483 e.